The Bertz CT molecular complexity index is 20.9. The van der Waals surface area contributed by atoms with E-state index in [0.29, 0.717) is 0 Å². The summed E-state index contributed by atoms with van der Waals surface area (Å²) in [6.45, 7) is 1.98. The number of hydrogen-bond donors (Lipinski definition) is 1. The fraction of sp³-hybridized carbons (Fsp3) is 1.00. The molecule has 1 unspecified atom stereocenters. The summed E-state index contributed by atoms with van der Waals surface area (Å²) in [4.78, 5) is 0. The van der Waals surface area contributed by atoms with Crippen LogP contribution in [0.25, 0.3) is 0 Å². The molecule has 0 rings (SSSR count). The van der Waals surface area contributed by atoms with Crippen LogP contribution < -0.4 is 0 Å². The van der Waals surface area contributed by atoms with E-state index in [4.69, 9.17) is 5.11 Å². The van der Waals surface area contributed by atoms with Crippen LogP contribution in [0.1, 0.15) is 13.3 Å². The third-order valence-corrected chi connectivity index (χ3v) is 1.76. The molecule has 0 amide bonds. The maximum absolute atomic E-state index is 8.42. The SMILES string of the molecule is CC[CH](O)[SbH2]. The molecule has 0 aliphatic heterocycles. The molecule has 0 spiro atoms. The summed E-state index contributed by atoms with van der Waals surface area (Å²) >= 11 is 0.980. The Kier molecular flexibility index (Phi) is 3.45. The van der Waals surface area contributed by atoms with Gasteiger partial charge in [0.25, 0.3) is 0 Å². The standard InChI is InChI=1S/C3H7O.Sb.2H/c1-2-3-4;;;/h3-4H,2H2,1H3;;;. The quantitative estimate of drug-likeness (QED) is 0.535. The summed E-state index contributed by atoms with van der Waals surface area (Å²) in [6, 6.07) is 0. The molecule has 0 aromatic rings. The van der Waals surface area contributed by atoms with Crippen molar-refractivity contribution in [3.05, 3.63) is 0 Å². The van der Waals surface area contributed by atoms with Crippen molar-refractivity contribution in [1.29, 1.82) is 0 Å². The number of aliphatic hydroxyl groups is 1. The van der Waals surface area contributed by atoms with E-state index in [-0.39, 0.29) is 4.05 Å². The Labute approximate surface area is 45.9 Å². The van der Waals surface area contributed by atoms with Crippen molar-refractivity contribution in [3.63, 3.8) is 0 Å². The molecule has 5 heavy (non-hydrogen) atoms. The van der Waals surface area contributed by atoms with E-state index in [1.165, 1.54) is 0 Å². The first-order valence-electron chi connectivity index (χ1n) is 1.71. The Balaban J connectivity index is 2.54. The predicted molar refractivity (Wildman–Crippen MR) is 24.8 cm³/mol. The van der Waals surface area contributed by atoms with Crippen LogP contribution in [0.5, 0.6) is 0 Å². The van der Waals surface area contributed by atoms with Gasteiger partial charge in [0.1, 0.15) is 0 Å². The molecule has 0 aliphatic carbocycles. The van der Waals surface area contributed by atoms with Crippen LogP contribution >= 0.6 is 0 Å². The predicted octanol–water partition coefficient (Wildman–Crippen LogP) is -0.652. The van der Waals surface area contributed by atoms with Crippen LogP contribution in [0, 0.1) is 0 Å². The zero-order valence-electron chi connectivity index (χ0n) is 3.31. The van der Waals surface area contributed by atoms with Crippen molar-refractivity contribution in [3.8, 4) is 0 Å². The zero-order valence-corrected chi connectivity index (χ0v) is 6.60. The van der Waals surface area contributed by atoms with Crippen LogP contribution in [0.15, 0.2) is 0 Å². The molecule has 0 bridgehead atoms. The normalized spacial score (nSPS) is 15.0. The molecule has 1 atom stereocenters. The Morgan fingerprint density at radius 3 is 2.20 bits per heavy atom. The second kappa shape index (κ2) is 2.99. The van der Waals surface area contributed by atoms with Crippen LogP contribution in [0.3, 0.4) is 0 Å². The van der Waals surface area contributed by atoms with E-state index in [2.05, 4.69) is 0 Å². The van der Waals surface area contributed by atoms with E-state index >= 15 is 0 Å². The minimum absolute atomic E-state index is 0.0143. The van der Waals surface area contributed by atoms with E-state index in [1.807, 2.05) is 6.92 Å². The molecular weight excluding hydrogens is 174 g/mol. The third-order valence-electron chi connectivity index (χ3n) is 0.418. The summed E-state index contributed by atoms with van der Waals surface area (Å²) in [7, 11) is 0. The Morgan fingerprint density at radius 2 is 2.20 bits per heavy atom. The van der Waals surface area contributed by atoms with Crippen LogP contribution in [0.2, 0.25) is 0 Å². The van der Waals surface area contributed by atoms with Gasteiger partial charge < -0.3 is 0 Å². The second-order valence-corrected chi connectivity index (χ2v) is 3.17. The molecule has 0 radical (unpaired) electrons. The Hall–Kier alpha value is 0.778. The monoisotopic (exact) mass is 182 g/mol. The number of hydrogen-bond acceptors (Lipinski definition) is 1. The molecule has 0 saturated heterocycles. The van der Waals surface area contributed by atoms with E-state index in [9.17, 15) is 0 Å². The molecule has 1 nitrogen and oxygen atoms in total. The van der Waals surface area contributed by atoms with Crippen molar-refractivity contribution in [2.75, 3.05) is 0 Å². The average Bonchev–Trinajstić information content (AvgIpc) is 1.38. The van der Waals surface area contributed by atoms with Crippen molar-refractivity contribution in [1.82, 2.24) is 0 Å². The van der Waals surface area contributed by atoms with Gasteiger partial charge in [0.15, 0.2) is 0 Å². The molecule has 0 fully saturated rings. The molecule has 0 heterocycles. The molecule has 1 N–H and O–H groups in total. The topological polar surface area (TPSA) is 20.2 Å². The van der Waals surface area contributed by atoms with Crippen LogP contribution in [-0.4, -0.2) is 32.2 Å². The first-order valence-corrected chi connectivity index (χ1v) is 3.61. The van der Waals surface area contributed by atoms with Gasteiger partial charge in [-0.1, -0.05) is 0 Å². The van der Waals surface area contributed by atoms with E-state index < -0.39 is 0 Å². The molecule has 0 aromatic carbocycles. The van der Waals surface area contributed by atoms with E-state index in [0.717, 1.165) is 29.4 Å². The first kappa shape index (κ1) is 5.78. The molecule has 0 aliphatic rings. The zero-order chi connectivity index (χ0) is 4.28. The van der Waals surface area contributed by atoms with Gasteiger partial charge in [0.2, 0.25) is 0 Å². The van der Waals surface area contributed by atoms with Gasteiger partial charge in [-0.05, 0) is 0 Å². The van der Waals surface area contributed by atoms with Gasteiger partial charge in [-0.2, -0.15) is 0 Å². The summed E-state index contributed by atoms with van der Waals surface area (Å²) in [5.74, 6) is 0. The van der Waals surface area contributed by atoms with Crippen LogP contribution in [0.4, 0.5) is 0 Å². The average molecular weight is 183 g/mol. The van der Waals surface area contributed by atoms with Crippen molar-refractivity contribution in [2.45, 2.75) is 17.4 Å². The van der Waals surface area contributed by atoms with Crippen molar-refractivity contribution in [2.24, 2.45) is 0 Å². The number of aliphatic hydroxyl groups excluding tert-OH is 1. The first-order chi connectivity index (χ1) is 2.27. The molecule has 32 valence electrons. The van der Waals surface area contributed by atoms with Gasteiger partial charge in [-0.3, -0.25) is 0 Å². The van der Waals surface area contributed by atoms with Crippen LogP contribution in [-0.2, 0) is 0 Å². The summed E-state index contributed by atoms with van der Waals surface area (Å²) in [5, 5.41) is 8.42. The fourth-order valence-electron chi connectivity index (χ4n) is 0. The Morgan fingerprint density at radius 1 is 2.00 bits per heavy atom. The van der Waals surface area contributed by atoms with Gasteiger partial charge in [0.05, 0.1) is 0 Å². The molecule has 0 saturated carbocycles. The fourth-order valence-corrected chi connectivity index (χ4v) is 0. The minimum atomic E-state index is 0.0143. The maximum atomic E-state index is 8.42. The van der Waals surface area contributed by atoms with Gasteiger partial charge in [0, 0.05) is 0 Å². The van der Waals surface area contributed by atoms with Gasteiger partial charge >= 0.3 is 45.5 Å². The summed E-state index contributed by atoms with van der Waals surface area (Å²) < 4.78 is 0.0143. The molecule has 2 heteroatoms. The summed E-state index contributed by atoms with van der Waals surface area (Å²) in [6.07, 6.45) is 0.919. The van der Waals surface area contributed by atoms with E-state index in [1.54, 1.807) is 0 Å². The number of rotatable bonds is 1. The van der Waals surface area contributed by atoms with Gasteiger partial charge in [-0.25, -0.2) is 0 Å². The summed E-state index contributed by atoms with van der Waals surface area (Å²) in [5.41, 5.74) is 0. The second-order valence-electron chi connectivity index (χ2n) is 0.976. The van der Waals surface area contributed by atoms with Crippen molar-refractivity contribution < 1.29 is 5.11 Å². The molecular formula is C3H9OSb. The molecule has 0 aromatic heterocycles. The third kappa shape index (κ3) is 4.78. The van der Waals surface area contributed by atoms with Crippen molar-refractivity contribution >= 4 is 23.0 Å². The van der Waals surface area contributed by atoms with Gasteiger partial charge in [-0.15, -0.1) is 0 Å².